The van der Waals surface area contributed by atoms with Crippen molar-refractivity contribution in [2.45, 2.75) is 0 Å². The van der Waals surface area contributed by atoms with Crippen LogP contribution >= 0.6 is 0 Å². The molecule has 2 aromatic carbocycles. The van der Waals surface area contributed by atoms with E-state index in [1.54, 1.807) is 24.3 Å². The molecule has 0 saturated heterocycles. The number of fused-ring (bicyclic) bond motifs is 1. The lowest BCUT2D eigenvalue weighted by Gasteiger charge is -2.14. The molecule has 3 aromatic rings. The van der Waals surface area contributed by atoms with Crippen LogP contribution < -0.4 is 29.1 Å². The van der Waals surface area contributed by atoms with Crippen molar-refractivity contribution in [3.05, 3.63) is 40.6 Å². The predicted molar refractivity (Wildman–Crippen MR) is 101 cm³/mol. The molecule has 0 aliphatic carbocycles. The molecular weight excluding hydrogens is 352 g/mol. The lowest BCUT2D eigenvalue weighted by molar-refractivity contribution is 0.349. The van der Waals surface area contributed by atoms with Crippen LogP contribution in [0.25, 0.3) is 22.3 Å². The predicted octanol–water partition coefficient (Wildman–Crippen LogP) is 3.50. The van der Waals surface area contributed by atoms with E-state index in [1.165, 1.54) is 41.6 Å². The molecule has 7 nitrogen and oxygen atoms in total. The number of ether oxygens (including phenoxy) is 5. The third kappa shape index (κ3) is 3.23. The second kappa shape index (κ2) is 7.49. The van der Waals surface area contributed by atoms with Crippen LogP contribution in [0.4, 0.5) is 0 Å². The lowest BCUT2D eigenvalue weighted by Crippen LogP contribution is -2.03. The third-order valence-electron chi connectivity index (χ3n) is 4.20. The van der Waals surface area contributed by atoms with Crippen LogP contribution in [0, 0.1) is 0 Å². The molecule has 7 heteroatoms. The molecule has 0 amide bonds. The SMILES string of the molecule is COc1cc(OC)c(-c2cc(=O)c3cc(OC)c(OC)cc3o2)cc1OC. The van der Waals surface area contributed by atoms with Gasteiger partial charge in [-0.2, -0.15) is 0 Å². The van der Waals surface area contributed by atoms with Gasteiger partial charge in [-0.3, -0.25) is 4.79 Å². The first-order chi connectivity index (χ1) is 13.1. The molecule has 0 N–H and O–H groups in total. The summed E-state index contributed by atoms with van der Waals surface area (Å²) in [4.78, 5) is 12.7. The molecular formula is C20H20O7. The Balaban J connectivity index is 2.27. The Morgan fingerprint density at radius 1 is 0.630 bits per heavy atom. The average molecular weight is 372 g/mol. The van der Waals surface area contributed by atoms with E-state index >= 15 is 0 Å². The zero-order valence-electron chi connectivity index (χ0n) is 15.7. The van der Waals surface area contributed by atoms with Crippen LogP contribution in [-0.4, -0.2) is 35.5 Å². The summed E-state index contributed by atoms with van der Waals surface area (Å²) in [6.45, 7) is 0. The monoisotopic (exact) mass is 372 g/mol. The molecule has 0 unspecified atom stereocenters. The Bertz CT molecular complexity index is 1040. The smallest absolute Gasteiger partial charge is 0.193 e. The van der Waals surface area contributed by atoms with Gasteiger partial charge >= 0.3 is 0 Å². The maximum absolute atomic E-state index is 12.7. The Morgan fingerprint density at radius 3 is 1.74 bits per heavy atom. The summed E-state index contributed by atoms with van der Waals surface area (Å²) in [6, 6.07) is 7.98. The van der Waals surface area contributed by atoms with Crippen LogP contribution in [0.15, 0.2) is 39.5 Å². The first-order valence-electron chi connectivity index (χ1n) is 8.06. The summed E-state index contributed by atoms with van der Waals surface area (Å²) in [7, 11) is 7.61. The van der Waals surface area contributed by atoms with E-state index in [9.17, 15) is 4.79 Å². The van der Waals surface area contributed by atoms with Gasteiger partial charge in [0.2, 0.25) is 0 Å². The van der Waals surface area contributed by atoms with E-state index in [2.05, 4.69) is 0 Å². The molecule has 0 spiro atoms. The van der Waals surface area contributed by atoms with E-state index in [0.29, 0.717) is 51.0 Å². The highest BCUT2D eigenvalue weighted by Crippen LogP contribution is 2.41. The van der Waals surface area contributed by atoms with Crippen LogP contribution in [-0.2, 0) is 0 Å². The van der Waals surface area contributed by atoms with Gasteiger partial charge in [-0.15, -0.1) is 0 Å². The fourth-order valence-electron chi connectivity index (χ4n) is 2.84. The summed E-state index contributed by atoms with van der Waals surface area (Å²) < 4.78 is 32.6. The molecule has 0 aliphatic heterocycles. The summed E-state index contributed by atoms with van der Waals surface area (Å²) in [5.74, 6) is 2.72. The topological polar surface area (TPSA) is 76.4 Å². The molecule has 142 valence electrons. The van der Waals surface area contributed by atoms with Crippen LogP contribution in [0.3, 0.4) is 0 Å². The fourth-order valence-corrected chi connectivity index (χ4v) is 2.84. The number of hydrogen-bond acceptors (Lipinski definition) is 7. The van der Waals surface area contributed by atoms with Crippen molar-refractivity contribution in [2.24, 2.45) is 0 Å². The van der Waals surface area contributed by atoms with E-state index in [0.717, 1.165) is 0 Å². The van der Waals surface area contributed by atoms with Crippen molar-refractivity contribution in [2.75, 3.05) is 35.5 Å². The van der Waals surface area contributed by atoms with Crippen molar-refractivity contribution in [1.29, 1.82) is 0 Å². The van der Waals surface area contributed by atoms with Crippen LogP contribution in [0.1, 0.15) is 0 Å². The molecule has 0 fully saturated rings. The number of hydrogen-bond donors (Lipinski definition) is 0. The van der Waals surface area contributed by atoms with E-state index in [1.807, 2.05) is 0 Å². The van der Waals surface area contributed by atoms with Gasteiger partial charge in [0.15, 0.2) is 28.4 Å². The maximum Gasteiger partial charge on any atom is 0.193 e. The largest absolute Gasteiger partial charge is 0.496 e. The highest BCUT2D eigenvalue weighted by atomic mass is 16.5. The number of methoxy groups -OCH3 is 5. The second-order valence-corrected chi connectivity index (χ2v) is 5.59. The van der Waals surface area contributed by atoms with Crippen molar-refractivity contribution >= 4 is 11.0 Å². The van der Waals surface area contributed by atoms with Gasteiger partial charge in [0.25, 0.3) is 0 Å². The molecule has 1 aromatic heterocycles. The van der Waals surface area contributed by atoms with Crippen molar-refractivity contribution in [1.82, 2.24) is 0 Å². The second-order valence-electron chi connectivity index (χ2n) is 5.59. The lowest BCUT2D eigenvalue weighted by atomic mass is 10.1. The van der Waals surface area contributed by atoms with Crippen LogP contribution in [0.2, 0.25) is 0 Å². The van der Waals surface area contributed by atoms with Gasteiger partial charge in [-0.25, -0.2) is 0 Å². The van der Waals surface area contributed by atoms with Crippen LogP contribution in [0.5, 0.6) is 28.7 Å². The molecule has 3 rings (SSSR count). The molecule has 0 atom stereocenters. The maximum atomic E-state index is 12.7. The van der Waals surface area contributed by atoms with E-state index in [-0.39, 0.29) is 5.43 Å². The summed E-state index contributed by atoms with van der Waals surface area (Å²) in [5, 5.41) is 0.385. The summed E-state index contributed by atoms with van der Waals surface area (Å²) >= 11 is 0. The molecule has 0 bridgehead atoms. The van der Waals surface area contributed by atoms with Gasteiger partial charge in [0, 0.05) is 18.2 Å². The van der Waals surface area contributed by atoms with Gasteiger partial charge in [0.1, 0.15) is 17.1 Å². The Kier molecular flexibility index (Phi) is 5.12. The molecule has 0 saturated carbocycles. The summed E-state index contributed by atoms with van der Waals surface area (Å²) in [6.07, 6.45) is 0. The van der Waals surface area contributed by atoms with Crippen molar-refractivity contribution in [3.8, 4) is 40.1 Å². The number of benzene rings is 2. The standard InChI is InChI=1S/C20H20O7/c1-22-14-9-19(25-4)18(24-3)7-12(14)15-8-13(21)11-6-17(23-2)20(26-5)10-16(11)27-15/h6-10H,1-5H3. The van der Waals surface area contributed by atoms with Gasteiger partial charge in [-0.05, 0) is 12.1 Å². The minimum Gasteiger partial charge on any atom is -0.496 e. The van der Waals surface area contributed by atoms with Gasteiger partial charge in [0.05, 0.1) is 46.5 Å². The Hall–Kier alpha value is -3.35. The minimum absolute atomic E-state index is 0.218. The normalized spacial score (nSPS) is 10.6. The zero-order valence-corrected chi connectivity index (χ0v) is 15.7. The average Bonchev–Trinajstić information content (AvgIpc) is 2.71. The first-order valence-corrected chi connectivity index (χ1v) is 8.06. The molecule has 1 heterocycles. The minimum atomic E-state index is -0.218. The third-order valence-corrected chi connectivity index (χ3v) is 4.20. The highest BCUT2D eigenvalue weighted by Gasteiger charge is 2.18. The van der Waals surface area contributed by atoms with Crippen molar-refractivity contribution < 1.29 is 28.1 Å². The molecule has 0 radical (unpaired) electrons. The van der Waals surface area contributed by atoms with E-state index < -0.39 is 0 Å². The summed E-state index contributed by atoms with van der Waals surface area (Å²) in [5.41, 5.74) is 0.708. The Morgan fingerprint density at radius 2 is 1.15 bits per heavy atom. The van der Waals surface area contributed by atoms with E-state index in [4.69, 9.17) is 28.1 Å². The fraction of sp³-hybridized carbons (Fsp3) is 0.250. The highest BCUT2D eigenvalue weighted by molar-refractivity contribution is 5.83. The van der Waals surface area contributed by atoms with Crippen molar-refractivity contribution in [3.63, 3.8) is 0 Å². The Labute approximate surface area is 156 Å². The quantitative estimate of drug-likeness (QED) is 0.655. The zero-order chi connectivity index (χ0) is 19.6. The number of rotatable bonds is 6. The molecule has 0 aliphatic rings. The van der Waals surface area contributed by atoms with Gasteiger partial charge in [-0.1, -0.05) is 0 Å². The first kappa shape index (κ1) is 18.4. The van der Waals surface area contributed by atoms with Gasteiger partial charge < -0.3 is 28.1 Å². The molecule has 27 heavy (non-hydrogen) atoms.